The van der Waals surface area contributed by atoms with Gasteiger partial charge in [-0.2, -0.15) is 5.26 Å². The molecule has 0 aliphatic heterocycles. The van der Waals surface area contributed by atoms with Crippen molar-refractivity contribution >= 4 is 0 Å². The van der Waals surface area contributed by atoms with Crippen LogP contribution in [0.4, 0.5) is 0 Å². The largest absolute Gasteiger partial charge is 0.351 e. The van der Waals surface area contributed by atoms with Crippen LogP contribution in [0.2, 0.25) is 0 Å². The van der Waals surface area contributed by atoms with Gasteiger partial charge in [0.2, 0.25) is 0 Å². The molecular formula is C8H9NO2. The van der Waals surface area contributed by atoms with Crippen LogP contribution in [0.1, 0.15) is 0 Å². The zero-order valence-corrected chi connectivity index (χ0v) is 5.94. The highest BCUT2D eigenvalue weighted by molar-refractivity contribution is 5.15. The van der Waals surface area contributed by atoms with E-state index in [4.69, 9.17) is 15.5 Å². The molecule has 58 valence electrons. The number of hydrogen-bond acceptors (Lipinski definition) is 3. The van der Waals surface area contributed by atoms with Gasteiger partial charge in [0.25, 0.3) is 5.79 Å². The Balaban J connectivity index is 4.04. The van der Waals surface area contributed by atoms with Crippen molar-refractivity contribution in [1.29, 1.82) is 5.26 Å². The highest BCUT2D eigenvalue weighted by atomic mass is 16.5. The monoisotopic (exact) mass is 151 g/mol. The van der Waals surface area contributed by atoms with Gasteiger partial charge in [0.15, 0.2) is 0 Å². The molecule has 0 aliphatic carbocycles. The van der Waals surface area contributed by atoms with Crippen LogP contribution in [0.25, 0.3) is 0 Å². The number of nitriles is 1. The summed E-state index contributed by atoms with van der Waals surface area (Å²) in [6.07, 6.45) is 6.99. The molecule has 2 N–H and O–H groups in total. The summed E-state index contributed by atoms with van der Waals surface area (Å²) in [5.74, 6) is -2.37. The third kappa shape index (κ3) is 5.09. The Morgan fingerprint density at radius 1 is 1.27 bits per heavy atom. The molecule has 0 aromatic rings. The van der Waals surface area contributed by atoms with Crippen molar-refractivity contribution in [1.82, 2.24) is 0 Å². The zero-order chi connectivity index (χ0) is 8.74. The molecule has 0 heterocycles. The van der Waals surface area contributed by atoms with E-state index in [1.54, 1.807) is 6.08 Å². The van der Waals surface area contributed by atoms with E-state index in [1.165, 1.54) is 24.3 Å². The first-order valence-corrected chi connectivity index (χ1v) is 2.95. The van der Waals surface area contributed by atoms with Gasteiger partial charge in [-0.25, -0.2) is 0 Å². The summed E-state index contributed by atoms with van der Waals surface area (Å²) in [6.45, 7) is 3.40. The molecular weight excluding hydrogens is 142 g/mol. The summed E-state index contributed by atoms with van der Waals surface area (Å²) in [7, 11) is 0. The molecule has 0 fully saturated rings. The fourth-order valence-electron chi connectivity index (χ4n) is 0.370. The van der Waals surface area contributed by atoms with Gasteiger partial charge in [-0.05, 0) is 6.08 Å². The molecule has 0 aromatic heterocycles. The molecule has 0 rings (SSSR count). The van der Waals surface area contributed by atoms with Gasteiger partial charge < -0.3 is 10.2 Å². The van der Waals surface area contributed by atoms with Crippen molar-refractivity contribution in [2.75, 3.05) is 0 Å². The Morgan fingerprint density at radius 3 is 2.36 bits per heavy atom. The second kappa shape index (κ2) is 4.45. The predicted octanol–water partition coefficient (Wildman–Crippen LogP) is 0.489. The first kappa shape index (κ1) is 9.63. The van der Waals surface area contributed by atoms with E-state index >= 15 is 0 Å². The topological polar surface area (TPSA) is 64.2 Å². The van der Waals surface area contributed by atoms with Gasteiger partial charge in [0.05, 0.1) is 0 Å². The lowest BCUT2D eigenvalue weighted by atomic mass is 10.3. The number of aliphatic hydroxyl groups is 2. The van der Waals surface area contributed by atoms with Gasteiger partial charge in [0, 0.05) is 0 Å². The van der Waals surface area contributed by atoms with Gasteiger partial charge in [-0.3, -0.25) is 0 Å². The van der Waals surface area contributed by atoms with Crippen molar-refractivity contribution < 1.29 is 10.2 Å². The van der Waals surface area contributed by atoms with Crippen LogP contribution < -0.4 is 0 Å². The number of nitrogens with zero attached hydrogens (tertiary/aromatic N) is 1. The van der Waals surface area contributed by atoms with E-state index in [2.05, 4.69) is 6.58 Å². The highest BCUT2D eigenvalue weighted by Gasteiger charge is 2.15. The third-order valence-corrected chi connectivity index (χ3v) is 0.851. The first-order chi connectivity index (χ1) is 5.12. The molecule has 3 nitrogen and oxygen atoms in total. The molecule has 0 atom stereocenters. The Hall–Kier alpha value is -1.37. The van der Waals surface area contributed by atoms with Gasteiger partial charge in [-0.1, -0.05) is 30.9 Å². The quantitative estimate of drug-likeness (QED) is 0.350. The van der Waals surface area contributed by atoms with Crippen LogP contribution in [0.3, 0.4) is 0 Å². The summed E-state index contributed by atoms with van der Waals surface area (Å²) >= 11 is 0. The van der Waals surface area contributed by atoms with Crippen molar-refractivity contribution in [2.24, 2.45) is 0 Å². The van der Waals surface area contributed by atoms with Crippen LogP contribution in [-0.4, -0.2) is 16.0 Å². The average molecular weight is 151 g/mol. The minimum absolute atomic E-state index is 0.965. The van der Waals surface area contributed by atoms with Crippen LogP contribution in [0.15, 0.2) is 37.0 Å². The Bertz CT molecular complexity index is 221. The molecule has 0 bridgehead atoms. The summed E-state index contributed by atoms with van der Waals surface area (Å²) in [5.41, 5.74) is 0. The maximum Gasteiger partial charge on any atom is 0.275 e. The lowest BCUT2D eigenvalue weighted by Gasteiger charge is -2.03. The van der Waals surface area contributed by atoms with Crippen LogP contribution in [0, 0.1) is 11.3 Å². The fourth-order valence-corrected chi connectivity index (χ4v) is 0.370. The second-order valence-corrected chi connectivity index (χ2v) is 1.82. The molecule has 3 heteroatoms. The van der Waals surface area contributed by atoms with Crippen LogP contribution in [0.5, 0.6) is 0 Å². The molecule has 0 aromatic carbocycles. The van der Waals surface area contributed by atoms with E-state index in [9.17, 15) is 0 Å². The molecule has 0 saturated heterocycles. The van der Waals surface area contributed by atoms with E-state index in [0.29, 0.717) is 0 Å². The van der Waals surface area contributed by atoms with Crippen molar-refractivity contribution in [3.8, 4) is 6.07 Å². The van der Waals surface area contributed by atoms with Gasteiger partial charge >= 0.3 is 0 Å². The van der Waals surface area contributed by atoms with Crippen molar-refractivity contribution in [2.45, 2.75) is 5.79 Å². The predicted molar refractivity (Wildman–Crippen MR) is 41.3 cm³/mol. The summed E-state index contributed by atoms with van der Waals surface area (Å²) < 4.78 is 0. The van der Waals surface area contributed by atoms with E-state index in [-0.39, 0.29) is 0 Å². The standard InChI is InChI=1S/C8H9NO2/c1-2-3-4-5-6-8(10,11)7-9/h2-6,10-11H,1H2/b4-3-,6-5+. The van der Waals surface area contributed by atoms with Gasteiger partial charge in [0.1, 0.15) is 6.07 Å². The summed E-state index contributed by atoms with van der Waals surface area (Å²) in [4.78, 5) is 0. The number of rotatable bonds is 3. The highest BCUT2D eigenvalue weighted by Crippen LogP contribution is 1.98. The average Bonchev–Trinajstić information content (AvgIpc) is 1.99. The Kier molecular flexibility index (Phi) is 3.89. The molecule has 0 spiro atoms. The molecule has 0 unspecified atom stereocenters. The SMILES string of the molecule is C=C/C=C\C=C\C(O)(O)C#N. The smallest absolute Gasteiger partial charge is 0.275 e. The molecule has 0 amide bonds. The van der Waals surface area contributed by atoms with Gasteiger partial charge in [-0.15, -0.1) is 0 Å². The minimum Gasteiger partial charge on any atom is -0.351 e. The second-order valence-electron chi connectivity index (χ2n) is 1.82. The summed E-state index contributed by atoms with van der Waals surface area (Å²) in [5, 5.41) is 25.4. The van der Waals surface area contributed by atoms with E-state index in [1.807, 2.05) is 0 Å². The lowest BCUT2D eigenvalue weighted by molar-refractivity contribution is -0.0668. The lowest BCUT2D eigenvalue weighted by Crippen LogP contribution is -2.21. The maximum absolute atomic E-state index is 8.67. The van der Waals surface area contributed by atoms with Crippen molar-refractivity contribution in [3.63, 3.8) is 0 Å². The fraction of sp³-hybridized carbons (Fsp3) is 0.125. The molecule has 0 aliphatic rings. The summed E-state index contributed by atoms with van der Waals surface area (Å²) in [6, 6.07) is 1.28. The molecule has 0 saturated carbocycles. The zero-order valence-electron chi connectivity index (χ0n) is 5.94. The Morgan fingerprint density at radius 2 is 1.91 bits per heavy atom. The van der Waals surface area contributed by atoms with E-state index < -0.39 is 5.79 Å². The van der Waals surface area contributed by atoms with Crippen LogP contribution >= 0.6 is 0 Å². The van der Waals surface area contributed by atoms with Crippen LogP contribution in [-0.2, 0) is 0 Å². The Labute approximate surface area is 65.2 Å². The minimum atomic E-state index is -2.37. The normalized spacial score (nSPS) is 12.1. The first-order valence-electron chi connectivity index (χ1n) is 2.95. The van der Waals surface area contributed by atoms with Crippen molar-refractivity contribution in [3.05, 3.63) is 37.0 Å². The number of hydrogen-bond donors (Lipinski definition) is 2. The number of allylic oxidation sites excluding steroid dienone is 4. The molecule has 11 heavy (non-hydrogen) atoms. The maximum atomic E-state index is 8.67. The van der Waals surface area contributed by atoms with E-state index in [0.717, 1.165) is 6.08 Å². The molecule has 0 radical (unpaired) electrons. The third-order valence-electron chi connectivity index (χ3n) is 0.851.